The van der Waals surface area contributed by atoms with Crippen molar-refractivity contribution in [2.24, 2.45) is 0 Å². The van der Waals surface area contributed by atoms with Gasteiger partial charge in [-0.3, -0.25) is 0 Å². The van der Waals surface area contributed by atoms with E-state index in [-0.39, 0.29) is 0 Å². The van der Waals surface area contributed by atoms with Crippen LogP contribution in [0.25, 0.3) is 0 Å². The van der Waals surface area contributed by atoms with E-state index < -0.39 is 5.67 Å². The van der Waals surface area contributed by atoms with Crippen LogP contribution in [0.5, 0.6) is 0 Å². The summed E-state index contributed by atoms with van der Waals surface area (Å²) in [5, 5.41) is 0.540. The Morgan fingerprint density at radius 2 is 2.00 bits per heavy atom. The zero-order chi connectivity index (χ0) is 9.35. The minimum absolute atomic E-state index is 0.540. The number of alkyl halides is 1. The van der Waals surface area contributed by atoms with Crippen molar-refractivity contribution in [2.75, 3.05) is 0 Å². The van der Waals surface area contributed by atoms with Crippen LogP contribution < -0.4 is 0 Å². The van der Waals surface area contributed by atoms with E-state index in [0.717, 1.165) is 4.47 Å². The third-order valence-electron chi connectivity index (χ3n) is 1.61. The summed E-state index contributed by atoms with van der Waals surface area (Å²) in [5.74, 6) is 0. The van der Waals surface area contributed by atoms with Gasteiger partial charge in [-0.1, -0.05) is 17.7 Å². The van der Waals surface area contributed by atoms with Crippen LogP contribution in [0.1, 0.15) is 19.4 Å². The molecule has 0 nitrogen and oxygen atoms in total. The second kappa shape index (κ2) is 3.35. The Balaban J connectivity index is 3.14. The minimum atomic E-state index is -1.33. The van der Waals surface area contributed by atoms with Gasteiger partial charge in [-0.2, -0.15) is 0 Å². The Morgan fingerprint density at radius 1 is 1.42 bits per heavy atom. The van der Waals surface area contributed by atoms with Crippen molar-refractivity contribution in [3.8, 4) is 0 Å². The fourth-order valence-corrected chi connectivity index (χ4v) is 1.29. The summed E-state index contributed by atoms with van der Waals surface area (Å²) in [5.41, 5.74) is -0.736. The van der Waals surface area contributed by atoms with Crippen molar-refractivity contribution in [2.45, 2.75) is 19.5 Å². The van der Waals surface area contributed by atoms with Gasteiger partial charge in [0, 0.05) is 4.47 Å². The van der Waals surface area contributed by atoms with E-state index in [1.807, 2.05) is 0 Å². The van der Waals surface area contributed by atoms with Crippen LogP contribution in [0.3, 0.4) is 0 Å². The van der Waals surface area contributed by atoms with Gasteiger partial charge in [-0.15, -0.1) is 0 Å². The largest absolute Gasteiger partial charge is 0.239 e. The number of hydrogen-bond acceptors (Lipinski definition) is 0. The average molecular weight is 252 g/mol. The number of halogens is 3. The lowest BCUT2D eigenvalue weighted by molar-refractivity contribution is 0.221. The van der Waals surface area contributed by atoms with Crippen molar-refractivity contribution in [3.05, 3.63) is 33.3 Å². The molecule has 0 atom stereocenters. The minimum Gasteiger partial charge on any atom is -0.239 e. The highest BCUT2D eigenvalue weighted by Gasteiger charge is 2.18. The molecule has 0 unspecified atom stereocenters. The quantitative estimate of drug-likeness (QED) is 0.698. The highest BCUT2D eigenvalue weighted by atomic mass is 79.9. The Labute approximate surface area is 84.9 Å². The number of rotatable bonds is 1. The van der Waals surface area contributed by atoms with E-state index in [2.05, 4.69) is 15.9 Å². The van der Waals surface area contributed by atoms with E-state index in [1.54, 1.807) is 18.2 Å². The highest BCUT2D eigenvalue weighted by molar-refractivity contribution is 9.10. The fraction of sp³-hybridized carbons (Fsp3) is 0.333. The standard InChI is InChI=1S/C9H9BrClF/c1-9(2,12)6-3-4-7(10)8(11)5-6/h3-5H,1-2H3. The van der Waals surface area contributed by atoms with Crippen LogP contribution in [-0.4, -0.2) is 0 Å². The zero-order valence-electron chi connectivity index (χ0n) is 6.87. The molecule has 3 heteroatoms. The molecule has 0 saturated heterocycles. The number of benzene rings is 1. The first-order valence-electron chi connectivity index (χ1n) is 3.55. The summed E-state index contributed by atoms with van der Waals surface area (Å²) in [6, 6.07) is 5.10. The number of hydrogen-bond donors (Lipinski definition) is 0. The van der Waals surface area contributed by atoms with Gasteiger partial charge in [-0.05, 0) is 47.5 Å². The Hall–Kier alpha value is -0.0800. The van der Waals surface area contributed by atoms with E-state index >= 15 is 0 Å². The Kier molecular flexibility index (Phi) is 2.79. The molecule has 0 aliphatic carbocycles. The molecule has 0 amide bonds. The van der Waals surface area contributed by atoms with Gasteiger partial charge < -0.3 is 0 Å². The normalized spacial score (nSPS) is 11.8. The first kappa shape index (κ1) is 10.0. The highest BCUT2D eigenvalue weighted by Crippen LogP contribution is 2.30. The first-order valence-corrected chi connectivity index (χ1v) is 4.73. The topological polar surface area (TPSA) is 0 Å². The maximum atomic E-state index is 13.4. The summed E-state index contributed by atoms with van der Waals surface area (Å²) < 4.78 is 14.1. The SMILES string of the molecule is CC(C)(F)c1ccc(Br)c(Cl)c1. The molecule has 0 radical (unpaired) electrons. The summed E-state index contributed by atoms with van der Waals surface area (Å²) >= 11 is 9.05. The second-order valence-electron chi connectivity index (χ2n) is 3.10. The lowest BCUT2D eigenvalue weighted by Gasteiger charge is -2.14. The molecule has 12 heavy (non-hydrogen) atoms. The molecule has 0 saturated carbocycles. The predicted molar refractivity (Wildman–Crippen MR) is 53.3 cm³/mol. The summed E-state index contributed by atoms with van der Waals surface area (Å²) in [4.78, 5) is 0. The summed E-state index contributed by atoms with van der Waals surface area (Å²) in [7, 11) is 0. The van der Waals surface area contributed by atoms with Gasteiger partial charge in [0.2, 0.25) is 0 Å². The third kappa shape index (κ3) is 2.20. The Morgan fingerprint density at radius 3 is 2.42 bits per heavy atom. The van der Waals surface area contributed by atoms with E-state index in [4.69, 9.17) is 11.6 Å². The smallest absolute Gasteiger partial charge is 0.130 e. The van der Waals surface area contributed by atoms with Gasteiger partial charge in [0.25, 0.3) is 0 Å². The van der Waals surface area contributed by atoms with Gasteiger partial charge in [-0.25, -0.2) is 4.39 Å². The first-order chi connectivity index (χ1) is 5.41. The summed E-state index contributed by atoms with van der Waals surface area (Å²) in [6.07, 6.45) is 0. The molecule has 0 aliphatic rings. The lowest BCUT2D eigenvalue weighted by Crippen LogP contribution is -2.08. The van der Waals surface area contributed by atoms with Crippen molar-refractivity contribution in [1.29, 1.82) is 0 Å². The van der Waals surface area contributed by atoms with Crippen molar-refractivity contribution >= 4 is 27.5 Å². The maximum Gasteiger partial charge on any atom is 0.130 e. The van der Waals surface area contributed by atoms with Crippen LogP contribution in [0.4, 0.5) is 4.39 Å². The fourth-order valence-electron chi connectivity index (χ4n) is 0.866. The zero-order valence-corrected chi connectivity index (χ0v) is 9.21. The third-order valence-corrected chi connectivity index (χ3v) is 2.84. The molecular weight excluding hydrogens is 242 g/mol. The van der Waals surface area contributed by atoms with Crippen LogP contribution in [-0.2, 0) is 5.67 Å². The van der Waals surface area contributed by atoms with Crippen molar-refractivity contribution in [1.82, 2.24) is 0 Å². The van der Waals surface area contributed by atoms with E-state index in [1.165, 1.54) is 13.8 Å². The molecule has 66 valence electrons. The van der Waals surface area contributed by atoms with Gasteiger partial charge in [0.1, 0.15) is 5.67 Å². The maximum absolute atomic E-state index is 13.4. The molecule has 1 aromatic carbocycles. The molecule has 0 bridgehead atoms. The predicted octanol–water partition coefficient (Wildman–Crippen LogP) is 4.31. The Bertz CT molecular complexity index is 291. The molecule has 0 aliphatic heterocycles. The molecule has 0 N–H and O–H groups in total. The molecule has 0 aromatic heterocycles. The van der Waals surface area contributed by atoms with Crippen molar-refractivity contribution < 1.29 is 4.39 Å². The second-order valence-corrected chi connectivity index (χ2v) is 4.36. The van der Waals surface area contributed by atoms with Gasteiger partial charge >= 0.3 is 0 Å². The van der Waals surface area contributed by atoms with Crippen LogP contribution in [0, 0.1) is 0 Å². The van der Waals surface area contributed by atoms with E-state index in [9.17, 15) is 4.39 Å². The molecule has 1 rings (SSSR count). The van der Waals surface area contributed by atoms with Crippen LogP contribution in [0.2, 0.25) is 5.02 Å². The lowest BCUT2D eigenvalue weighted by atomic mass is 10.0. The molecule has 1 aromatic rings. The average Bonchev–Trinajstić information content (AvgIpc) is 1.92. The summed E-state index contributed by atoms with van der Waals surface area (Å²) in [6.45, 7) is 3.01. The van der Waals surface area contributed by atoms with Gasteiger partial charge in [0.05, 0.1) is 5.02 Å². The molecule has 0 fully saturated rings. The monoisotopic (exact) mass is 250 g/mol. The van der Waals surface area contributed by atoms with Gasteiger partial charge in [0.15, 0.2) is 0 Å². The van der Waals surface area contributed by atoms with Crippen LogP contribution in [0.15, 0.2) is 22.7 Å². The van der Waals surface area contributed by atoms with E-state index in [0.29, 0.717) is 10.6 Å². The van der Waals surface area contributed by atoms with Crippen LogP contribution >= 0.6 is 27.5 Å². The molecule has 0 spiro atoms. The molecule has 0 heterocycles. The molecular formula is C9H9BrClF. The van der Waals surface area contributed by atoms with Crippen molar-refractivity contribution in [3.63, 3.8) is 0 Å².